The maximum Gasteiger partial charge on any atom is 0.490 e. The van der Waals surface area contributed by atoms with Gasteiger partial charge in [0.1, 0.15) is 16.2 Å². The Bertz CT molecular complexity index is 2130. The first-order chi connectivity index (χ1) is 30.9. The minimum absolute atomic E-state index is 0.119. The highest BCUT2D eigenvalue weighted by molar-refractivity contribution is 6.40. The number of halogens is 5. The van der Waals surface area contributed by atoms with Crippen LogP contribution in [0.25, 0.3) is 0 Å². The van der Waals surface area contributed by atoms with E-state index >= 15 is 0 Å². The number of hydrazone groups is 3. The van der Waals surface area contributed by atoms with E-state index in [0.717, 1.165) is 81.8 Å². The SMILES string of the molecule is CN1CCC2=NN(C)C(=O)C2(Cc2ccccc2)C1.CN1N=C2CCNCC2(Cc2ccccc2)C1=O.CN1N=C2CCNCC2(Cc2ccccc2)C1=O.ClCCl.O=C(O)C(F)(F)F. The second kappa shape index (κ2) is 22.3. The molecule has 350 valence electrons. The molecule has 3 atom stereocenters. The van der Waals surface area contributed by atoms with E-state index in [4.69, 9.17) is 33.1 Å². The summed E-state index contributed by atoms with van der Waals surface area (Å²) >= 11 is 9.53. The second-order valence-electron chi connectivity index (χ2n) is 16.6. The lowest BCUT2D eigenvalue weighted by molar-refractivity contribution is -0.192. The number of hydrogen-bond donors (Lipinski definition) is 3. The van der Waals surface area contributed by atoms with E-state index in [-0.39, 0.29) is 23.1 Å². The fourth-order valence-electron chi connectivity index (χ4n) is 9.05. The van der Waals surface area contributed by atoms with Crippen molar-refractivity contribution >= 4 is 64.0 Å². The lowest BCUT2D eigenvalue weighted by atomic mass is 9.73. The summed E-state index contributed by atoms with van der Waals surface area (Å²) in [5.41, 5.74) is 5.38. The van der Waals surface area contributed by atoms with Crippen LogP contribution in [-0.2, 0) is 38.4 Å². The molecule has 14 nitrogen and oxygen atoms in total. The third kappa shape index (κ3) is 12.0. The number of carboxylic acid groups (broad SMARTS) is 1. The number of benzene rings is 3. The molecule has 0 aromatic heterocycles. The third-order valence-corrected chi connectivity index (χ3v) is 12.1. The van der Waals surface area contributed by atoms with Crippen molar-refractivity contribution in [2.75, 3.05) is 72.8 Å². The number of likely N-dealkylation sites (tertiary alicyclic amines) is 1. The monoisotopic (exact) mass is 941 g/mol. The van der Waals surface area contributed by atoms with Crippen LogP contribution in [0.4, 0.5) is 13.2 Å². The van der Waals surface area contributed by atoms with E-state index in [9.17, 15) is 27.6 Å². The van der Waals surface area contributed by atoms with Crippen molar-refractivity contribution in [2.24, 2.45) is 31.5 Å². The molecule has 0 saturated carbocycles. The Morgan fingerprint density at radius 2 is 0.923 bits per heavy atom. The molecule has 19 heteroatoms. The van der Waals surface area contributed by atoms with Gasteiger partial charge in [0.05, 0.1) is 22.5 Å². The Kier molecular flexibility index (Phi) is 17.4. The van der Waals surface area contributed by atoms with Gasteiger partial charge >= 0.3 is 12.1 Å². The Morgan fingerprint density at radius 1 is 0.615 bits per heavy atom. The third-order valence-electron chi connectivity index (χ3n) is 12.1. The molecule has 3 N–H and O–H groups in total. The Hall–Kier alpha value is -5.20. The fourth-order valence-corrected chi connectivity index (χ4v) is 9.05. The van der Waals surface area contributed by atoms with Crippen LogP contribution in [0.3, 0.4) is 0 Å². The van der Waals surface area contributed by atoms with Crippen LogP contribution in [-0.4, -0.2) is 145 Å². The van der Waals surface area contributed by atoms with E-state index in [1.54, 1.807) is 21.1 Å². The van der Waals surface area contributed by atoms with Crippen LogP contribution in [0.1, 0.15) is 36.0 Å². The molecule has 0 bridgehead atoms. The first kappa shape index (κ1) is 50.8. The molecule has 3 aromatic rings. The molecular weight excluding hydrogens is 886 g/mol. The average Bonchev–Trinajstić information content (AvgIpc) is 3.79. The van der Waals surface area contributed by atoms with Crippen LogP contribution in [0.2, 0.25) is 0 Å². The standard InChI is InChI=1S/C15H19N3O.2C14H17N3O.C2HF3O2.CH2Cl2/c1-17-9-8-13-15(11-17,14(19)18(2)16-13)10-12-6-4-3-5-7-12;2*1-17-13(18)14(9-11-5-3-2-4-6-11)10-15-8-7-12(14)16-17;3-2(4,5)1(6)7;2-1-3/h3-7H,8-11H2,1-2H3;2*2-6,15H,7-10H2,1H3;(H,6,7);1H2. The van der Waals surface area contributed by atoms with Crippen LogP contribution >= 0.6 is 23.2 Å². The summed E-state index contributed by atoms with van der Waals surface area (Å²) in [6.07, 6.45) is -0.239. The lowest BCUT2D eigenvalue weighted by Gasteiger charge is -2.37. The number of nitrogens with one attached hydrogen (secondary N) is 2. The molecule has 3 saturated heterocycles. The number of carbonyl (C=O) groups is 4. The number of amides is 3. The number of piperidine rings is 3. The van der Waals surface area contributed by atoms with Crippen LogP contribution in [0.15, 0.2) is 106 Å². The van der Waals surface area contributed by atoms with Gasteiger partial charge in [0.25, 0.3) is 17.7 Å². The molecule has 0 aliphatic carbocycles. The molecule has 3 amide bonds. The highest BCUT2D eigenvalue weighted by Gasteiger charge is 2.53. The van der Waals surface area contributed by atoms with Crippen LogP contribution < -0.4 is 10.6 Å². The van der Waals surface area contributed by atoms with E-state index in [2.05, 4.69) is 74.3 Å². The van der Waals surface area contributed by atoms with Gasteiger partial charge in [-0.3, -0.25) is 14.4 Å². The molecule has 3 aromatic carbocycles. The van der Waals surface area contributed by atoms with Crippen molar-refractivity contribution in [1.29, 1.82) is 0 Å². The molecule has 0 radical (unpaired) electrons. The number of alkyl halides is 5. The van der Waals surface area contributed by atoms with Gasteiger partial charge in [0, 0.05) is 79.7 Å². The lowest BCUT2D eigenvalue weighted by Crippen LogP contribution is -2.52. The van der Waals surface area contributed by atoms with Gasteiger partial charge in [-0.1, -0.05) is 91.0 Å². The maximum absolute atomic E-state index is 12.6. The zero-order valence-electron chi connectivity index (χ0n) is 37.0. The molecule has 9 rings (SSSR count). The van der Waals surface area contributed by atoms with Crippen molar-refractivity contribution in [2.45, 2.75) is 44.7 Å². The Labute approximate surface area is 387 Å². The zero-order valence-corrected chi connectivity index (χ0v) is 38.5. The van der Waals surface area contributed by atoms with Gasteiger partial charge in [-0.25, -0.2) is 19.8 Å². The fraction of sp³-hybridized carbons (Fsp3) is 0.457. The molecular formula is C46H56Cl2F3N9O5. The van der Waals surface area contributed by atoms with E-state index in [1.165, 1.54) is 31.7 Å². The quantitative estimate of drug-likeness (QED) is 0.273. The topological polar surface area (TPSA) is 163 Å². The molecule has 6 heterocycles. The average molecular weight is 943 g/mol. The van der Waals surface area contributed by atoms with E-state index in [0.29, 0.717) is 13.1 Å². The van der Waals surface area contributed by atoms with Gasteiger partial charge in [0.15, 0.2) is 0 Å². The molecule has 0 spiro atoms. The number of hydrogen-bond acceptors (Lipinski definition) is 10. The summed E-state index contributed by atoms with van der Waals surface area (Å²) in [5.74, 6) is -2.38. The normalized spacial score (nSPS) is 24.5. The summed E-state index contributed by atoms with van der Waals surface area (Å²) < 4.78 is 31.7. The molecule has 6 aliphatic heterocycles. The van der Waals surface area contributed by atoms with Crippen LogP contribution in [0, 0.1) is 16.2 Å². The van der Waals surface area contributed by atoms with Gasteiger partial charge < -0.3 is 20.6 Å². The van der Waals surface area contributed by atoms with Crippen LogP contribution in [0.5, 0.6) is 0 Å². The van der Waals surface area contributed by atoms with E-state index in [1.807, 2.05) is 54.6 Å². The minimum atomic E-state index is -5.08. The number of rotatable bonds is 6. The van der Waals surface area contributed by atoms with Crippen molar-refractivity contribution in [3.05, 3.63) is 108 Å². The molecule has 6 aliphatic rings. The predicted octanol–water partition coefficient (Wildman–Crippen LogP) is 5.51. The summed E-state index contributed by atoms with van der Waals surface area (Å²) in [7, 11) is 7.34. The van der Waals surface area contributed by atoms with Gasteiger partial charge in [-0.05, 0) is 43.0 Å². The van der Waals surface area contributed by atoms with Gasteiger partial charge in [0.2, 0.25) is 0 Å². The van der Waals surface area contributed by atoms with Crippen molar-refractivity contribution in [3.8, 4) is 0 Å². The highest BCUT2D eigenvalue weighted by atomic mass is 35.5. The number of nitrogens with zero attached hydrogens (tertiary/aromatic N) is 7. The predicted molar refractivity (Wildman–Crippen MR) is 246 cm³/mol. The Balaban J connectivity index is 0.000000166. The number of fused-ring (bicyclic) bond motifs is 3. The first-order valence-corrected chi connectivity index (χ1v) is 22.2. The summed E-state index contributed by atoms with van der Waals surface area (Å²) in [6, 6.07) is 30.6. The maximum atomic E-state index is 12.6. The summed E-state index contributed by atoms with van der Waals surface area (Å²) in [6.45, 7) is 4.97. The second-order valence-corrected chi connectivity index (χ2v) is 17.4. The molecule has 3 fully saturated rings. The van der Waals surface area contributed by atoms with Crippen molar-refractivity contribution < 1.29 is 37.5 Å². The molecule has 3 unspecified atom stereocenters. The highest BCUT2D eigenvalue weighted by Crippen LogP contribution is 2.39. The first-order valence-electron chi connectivity index (χ1n) is 21.1. The number of carboxylic acids is 1. The molecule has 65 heavy (non-hydrogen) atoms. The van der Waals surface area contributed by atoms with Gasteiger partial charge in [-0.15, -0.1) is 23.2 Å². The van der Waals surface area contributed by atoms with Crippen molar-refractivity contribution in [1.82, 2.24) is 30.6 Å². The van der Waals surface area contributed by atoms with Gasteiger partial charge in [-0.2, -0.15) is 28.5 Å². The zero-order chi connectivity index (χ0) is 47.4. The smallest absolute Gasteiger partial charge is 0.475 e. The summed E-state index contributed by atoms with van der Waals surface area (Å²) in [4.78, 5) is 48.6. The number of carbonyl (C=O) groups excluding carboxylic acids is 3. The largest absolute Gasteiger partial charge is 0.490 e. The number of aliphatic carboxylic acids is 1. The minimum Gasteiger partial charge on any atom is -0.475 e. The summed E-state index contributed by atoms with van der Waals surface area (Å²) in [5, 5.41) is 31.8. The van der Waals surface area contributed by atoms with E-state index < -0.39 is 28.4 Å². The van der Waals surface area contributed by atoms with Crippen molar-refractivity contribution in [3.63, 3.8) is 0 Å². The Morgan fingerprint density at radius 3 is 1.26 bits per heavy atom.